The van der Waals surface area contributed by atoms with Crippen LogP contribution in [0, 0.1) is 11.3 Å². The molecule has 1 atom stereocenters. The lowest BCUT2D eigenvalue weighted by atomic mass is 10.00. The summed E-state index contributed by atoms with van der Waals surface area (Å²) in [6.45, 7) is 3.78. The van der Waals surface area contributed by atoms with Crippen LogP contribution in [0.25, 0.3) is 16.9 Å². The number of hydrogen-bond acceptors (Lipinski definition) is 5. The van der Waals surface area contributed by atoms with E-state index in [0.717, 1.165) is 5.57 Å². The minimum absolute atomic E-state index is 0.0722. The third-order valence-corrected chi connectivity index (χ3v) is 6.68. The van der Waals surface area contributed by atoms with Crippen LogP contribution in [0.5, 0.6) is 0 Å². The summed E-state index contributed by atoms with van der Waals surface area (Å²) in [6.07, 6.45) is 8.93. The van der Waals surface area contributed by atoms with Gasteiger partial charge in [0.25, 0.3) is 5.56 Å². The van der Waals surface area contributed by atoms with Gasteiger partial charge in [-0.25, -0.2) is 9.50 Å². The van der Waals surface area contributed by atoms with Crippen molar-refractivity contribution in [3.05, 3.63) is 61.9 Å². The molecule has 3 aromatic rings. The van der Waals surface area contributed by atoms with E-state index in [0.29, 0.717) is 28.0 Å². The lowest BCUT2D eigenvalue weighted by Crippen LogP contribution is -2.22. The number of H-pyrrole nitrogens is 1. The number of allylic oxidation sites excluding steroid dienone is 2. The predicted octanol–water partition coefficient (Wildman–Crippen LogP) is 2.64. The molecule has 4 heterocycles. The summed E-state index contributed by atoms with van der Waals surface area (Å²) < 4.78 is 7.32. The summed E-state index contributed by atoms with van der Waals surface area (Å²) >= 11 is -0.151. The molecule has 0 fully saturated rings. The number of rotatable bonds is 5. The van der Waals surface area contributed by atoms with Crippen LogP contribution in [0.3, 0.4) is 0 Å². The minimum Gasteiger partial charge on any atom is -0.394 e. The molecule has 1 unspecified atom stereocenters. The molecule has 8 nitrogen and oxygen atoms in total. The van der Waals surface area contributed by atoms with Gasteiger partial charge >= 0.3 is 0 Å². The maximum atomic E-state index is 13.0. The van der Waals surface area contributed by atoms with E-state index in [-0.39, 0.29) is 44.9 Å². The van der Waals surface area contributed by atoms with Crippen LogP contribution >= 0.6 is 20.7 Å². The van der Waals surface area contributed by atoms with E-state index in [2.05, 4.69) is 29.3 Å². The van der Waals surface area contributed by atoms with E-state index in [4.69, 9.17) is 0 Å². The van der Waals surface area contributed by atoms with Crippen LogP contribution in [-0.2, 0) is 0 Å². The quantitative estimate of drug-likeness (QED) is 0.522. The van der Waals surface area contributed by atoms with Crippen molar-refractivity contribution in [1.82, 2.24) is 24.4 Å². The molecule has 1 aliphatic rings. The number of aromatic amines is 1. The average Bonchev–Trinajstić information content (AvgIpc) is 3.36. The predicted molar refractivity (Wildman–Crippen MR) is 119 cm³/mol. The Bertz CT molecular complexity index is 1270. The van der Waals surface area contributed by atoms with Gasteiger partial charge in [0.2, 0.25) is 0 Å². The van der Waals surface area contributed by atoms with E-state index < -0.39 is 0 Å². The number of nitriles is 1. The van der Waals surface area contributed by atoms with Crippen molar-refractivity contribution in [2.24, 2.45) is 0 Å². The fourth-order valence-corrected chi connectivity index (χ4v) is 5.03. The monoisotopic (exact) mass is 502 g/mol. The fraction of sp³-hybridized carbons (Fsp3) is 0.250. The molecule has 0 saturated carbocycles. The highest BCUT2D eigenvalue weighted by atomic mass is 127. The summed E-state index contributed by atoms with van der Waals surface area (Å²) in [6, 6.07) is 1.77. The van der Waals surface area contributed by atoms with Gasteiger partial charge in [-0.05, 0) is 19.6 Å². The summed E-state index contributed by atoms with van der Waals surface area (Å²) in [5.41, 5.74) is 3.13. The molecule has 0 bridgehead atoms. The molecule has 0 amide bonds. The van der Waals surface area contributed by atoms with Crippen LogP contribution in [0.1, 0.15) is 36.9 Å². The number of fused-ring (bicyclic) bond motifs is 1. The second-order valence-electron chi connectivity index (χ2n) is 6.92. The Morgan fingerprint density at radius 3 is 2.90 bits per heavy atom. The normalized spacial score (nSPS) is 14.7. The van der Waals surface area contributed by atoms with E-state index >= 15 is 0 Å². The van der Waals surface area contributed by atoms with Crippen molar-refractivity contribution < 1.29 is 5.11 Å². The summed E-state index contributed by atoms with van der Waals surface area (Å²) in [5.74, 6) is -0.0722. The van der Waals surface area contributed by atoms with E-state index in [1.54, 1.807) is 17.1 Å². The Kier molecular flexibility index (Phi) is 5.29. The third kappa shape index (κ3) is 3.38. The van der Waals surface area contributed by atoms with Crippen LogP contribution in [0.2, 0.25) is 0 Å². The van der Waals surface area contributed by atoms with Gasteiger partial charge < -0.3 is 5.11 Å². The number of aromatic nitrogens is 5. The average molecular weight is 502 g/mol. The Morgan fingerprint density at radius 2 is 2.24 bits per heavy atom. The second kappa shape index (κ2) is 7.88. The molecule has 9 heteroatoms. The number of hydrogen-bond donors (Lipinski definition) is 2. The van der Waals surface area contributed by atoms with Crippen molar-refractivity contribution in [3.63, 3.8) is 0 Å². The van der Waals surface area contributed by atoms with Gasteiger partial charge in [-0.15, -0.1) is 0 Å². The Labute approximate surface area is 176 Å². The van der Waals surface area contributed by atoms with Crippen molar-refractivity contribution >= 4 is 30.4 Å². The highest BCUT2D eigenvalue weighted by Gasteiger charge is 2.22. The van der Waals surface area contributed by atoms with Crippen molar-refractivity contribution in [1.29, 1.82) is 5.26 Å². The van der Waals surface area contributed by atoms with Gasteiger partial charge in [0.15, 0.2) is 5.65 Å². The molecule has 0 radical (unpaired) electrons. The van der Waals surface area contributed by atoms with E-state index in [9.17, 15) is 15.2 Å². The molecule has 0 aliphatic carbocycles. The maximum absolute atomic E-state index is 13.0. The SMILES string of the molecule is CC(C)c1c(-c2cnn(C(CO)C3=CI=CC=C3)c2)nc2c(C#N)c[nH]n2c1=O. The molecule has 2 N–H and O–H groups in total. The van der Waals surface area contributed by atoms with Crippen molar-refractivity contribution in [3.8, 4) is 17.3 Å². The molecule has 1 aliphatic heterocycles. The molecule has 4 rings (SSSR count). The first kappa shape index (κ1) is 19.5. The van der Waals surface area contributed by atoms with Gasteiger partial charge in [0, 0.05) is 23.5 Å². The molecule has 3 aromatic heterocycles. The Morgan fingerprint density at radius 1 is 1.41 bits per heavy atom. The first-order valence-corrected chi connectivity index (χ1v) is 11.6. The largest absolute Gasteiger partial charge is 0.394 e. The molecule has 0 aromatic carbocycles. The first-order chi connectivity index (χ1) is 14.0. The lowest BCUT2D eigenvalue weighted by Gasteiger charge is -2.17. The van der Waals surface area contributed by atoms with Crippen LogP contribution in [0.15, 0.2) is 45.2 Å². The lowest BCUT2D eigenvalue weighted by molar-refractivity contribution is 0.241. The number of aliphatic hydroxyl groups excluding tert-OH is 1. The number of halogens is 1. The minimum atomic E-state index is -0.289. The van der Waals surface area contributed by atoms with Crippen molar-refractivity contribution in [2.45, 2.75) is 25.8 Å². The second-order valence-corrected chi connectivity index (χ2v) is 8.98. The topological polar surface area (TPSA) is 112 Å². The third-order valence-electron chi connectivity index (χ3n) is 4.77. The summed E-state index contributed by atoms with van der Waals surface area (Å²) in [7, 11) is 0. The Balaban J connectivity index is 1.87. The summed E-state index contributed by atoms with van der Waals surface area (Å²) in [4.78, 5) is 17.7. The van der Waals surface area contributed by atoms with Gasteiger partial charge in [-0.3, -0.25) is 14.6 Å². The van der Waals surface area contributed by atoms with E-state index in [1.165, 1.54) is 10.7 Å². The zero-order valence-corrected chi connectivity index (χ0v) is 18.0. The standard InChI is InChI=1S/C20H19IN6O2/c1-12(2)17-18(25-19-14(7-22)8-24-27(19)20(17)29)15-9-23-26(10-15)16(11-28)13-4-3-5-21-6-13/h3-6,8-10,12,16,24,28H,11H2,1-2H3. The van der Waals surface area contributed by atoms with Crippen LogP contribution in [0.4, 0.5) is 0 Å². The maximum Gasteiger partial charge on any atom is 0.276 e. The van der Waals surface area contributed by atoms with Crippen LogP contribution < -0.4 is 5.56 Å². The number of nitrogens with one attached hydrogen (secondary N) is 1. The first-order valence-electron chi connectivity index (χ1n) is 9.06. The van der Waals surface area contributed by atoms with Crippen LogP contribution in [-0.4, -0.2) is 40.1 Å². The fourth-order valence-electron chi connectivity index (χ4n) is 3.34. The van der Waals surface area contributed by atoms with Gasteiger partial charge in [0.1, 0.15) is 17.7 Å². The molecule has 148 valence electrons. The molecule has 0 spiro atoms. The Hall–Kier alpha value is -2.84. The number of aliphatic hydroxyl groups is 1. The molecular weight excluding hydrogens is 483 g/mol. The van der Waals surface area contributed by atoms with Gasteiger partial charge in [-0.1, -0.05) is 46.7 Å². The smallest absolute Gasteiger partial charge is 0.276 e. The van der Waals surface area contributed by atoms with Crippen molar-refractivity contribution in [2.75, 3.05) is 6.61 Å². The highest BCUT2D eigenvalue weighted by Crippen LogP contribution is 2.29. The zero-order chi connectivity index (χ0) is 20.5. The summed E-state index contributed by atoms with van der Waals surface area (Å²) in [5, 5.41) is 26.5. The van der Waals surface area contributed by atoms with E-state index in [1.807, 2.05) is 26.0 Å². The zero-order valence-electron chi connectivity index (χ0n) is 15.9. The molecule has 0 saturated heterocycles. The van der Waals surface area contributed by atoms with Gasteiger partial charge in [0.05, 0.1) is 18.5 Å². The molecular formula is C20H19IN6O2. The highest BCUT2D eigenvalue weighted by molar-refractivity contribution is 14.2. The molecule has 29 heavy (non-hydrogen) atoms. The number of nitrogens with zero attached hydrogens (tertiary/aromatic N) is 5. The van der Waals surface area contributed by atoms with Gasteiger partial charge in [-0.2, -0.15) is 10.4 Å².